The summed E-state index contributed by atoms with van der Waals surface area (Å²) < 4.78 is 0. The lowest BCUT2D eigenvalue weighted by atomic mass is 10.1. The quantitative estimate of drug-likeness (QED) is 0.388. The molecule has 4 aromatic heterocycles. The molecule has 0 aliphatic carbocycles. The standard InChI is InChI=1S/C24H20N6S/c1-30(2)14-15-3-5-21(27-12-15)22-10-19-23(17(11-25)13-28-24(19)31-22)29-18-4-6-20-16(9-18)7-8-26-20/h3-10,12-13,26H,14H2,1-2H3,(H,28,29). The maximum atomic E-state index is 9.67. The van der Waals surface area contributed by atoms with Crippen LogP contribution in [0.25, 0.3) is 31.7 Å². The lowest BCUT2D eigenvalue weighted by Crippen LogP contribution is -2.10. The summed E-state index contributed by atoms with van der Waals surface area (Å²) in [6, 6.07) is 16.6. The summed E-state index contributed by atoms with van der Waals surface area (Å²) in [7, 11) is 4.08. The Labute approximate surface area is 183 Å². The van der Waals surface area contributed by atoms with Crippen LogP contribution in [0.2, 0.25) is 0 Å². The molecule has 0 aliphatic heterocycles. The van der Waals surface area contributed by atoms with Crippen LogP contribution in [0.3, 0.4) is 0 Å². The summed E-state index contributed by atoms with van der Waals surface area (Å²) in [6.07, 6.45) is 5.47. The smallest absolute Gasteiger partial charge is 0.126 e. The number of thiophene rings is 1. The maximum Gasteiger partial charge on any atom is 0.126 e. The van der Waals surface area contributed by atoms with Crippen molar-refractivity contribution >= 4 is 43.8 Å². The normalized spacial score (nSPS) is 11.3. The first-order valence-corrected chi connectivity index (χ1v) is 10.7. The lowest BCUT2D eigenvalue weighted by Gasteiger charge is -2.09. The van der Waals surface area contributed by atoms with Gasteiger partial charge in [0.15, 0.2) is 0 Å². The van der Waals surface area contributed by atoms with Crippen molar-refractivity contribution in [3.8, 4) is 16.6 Å². The molecule has 0 atom stereocenters. The molecular weight excluding hydrogens is 404 g/mol. The van der Waals surface area contributed by atoms with Gasteiger partial charge in [-0.05, 0) is 56.1 Å². The van der Waals surface area contributed by atoms with Crippen LogP contribution in [0, 0.1) is 11.3 Å². The predicted octanol–water partition coefficient (Wildman–Crippen LogP) is 5.52. The molecule has 4 heterocycles. The highest BCUT2D eigenvalue weighted by atomic mass is 32.1. The van der Waals surface area contributed by atoms with Crippen molar-refractivity contribution in [2.75, 3.05) is 19.4 Å². The number of benzene rings is 1. The Morgan fingerprint density at radius 3 is 2.77 bits per heavy atom. The van der Waals surface area contributed by atoms with Crippen LogP contribution in [-0.4, -0.2) is 33.9 Å². The van der Waals surface area contributed by atoms with E-state index in [1.807, 2.05) is 50.8 Å². The number of nitrogens with one attached hydrogen (secondary N) is 2. The molecule has 0 bridgehead atoms. The third-order valence-corrected chi connectivity index (χ3v) is 6.15. The van der Waals surface area contributed by atoms with Crippen molar-refractivity contribution in [3.05, 3.63) is 72.2 Å². The number of H-pyrrole nitrogens is 1. The average Bonchev–Trinajstić information content (AvgIpc) is 3.41. The highest BCUT2D eigenvalue weighted by Crippen LogP contribution is 2.38. The van der Waals surface area contributed by atoms with Gasteiger partial charge in [0.1, 0.15) is 10.9 Å². The van der Waals surface area contributed by atoms with Crippen molar-refractivity contribution in [3.63, 3.8) is 0 Å². The van der Waals surface area contributed by atoms with Crippen LogP contribution < -0.4 is 5.32 Å². The van der Waals surface area contributed by atoms with E-state index in [1.54, 1.807) is 17.5 Å². The van der Waals surface area contributed by atoms with Gasteiger partial charge in [-0.25, -0.2) is 4.98 Å². The fraction of sp³-hybridized carbons (Fsp3) is 0.125. The first-order chi connectivity index (χ1) is 15.1. The zero-order valence-electron chi connectivity index (χ0n) is 17.2. The van der Waals surface area contributed by atoms with E-state index in [0.717, 1.165) is 49.6 Å². The van der Waals surface area contributed by atoms with Gasteiger partial charge in [0.25, 0.3) is 0 Å². The largest absolute Gasteiger partial charge is 0.361 e. The third-order valence-electron chi connectivity index (χ3n) is 5.08. The molecule has 0 radical (unpaired) electrons. The molecule has 1 aromatic carbocycles. The summed E-state index contributed by atoms with van der Waals surface area (Å²) in [6.45, 7) is 0.854. The minimum atomic E-state index is 0.514. The number of nitrogens with zero attached hydrogens (tertiary/aromatic N) is 4. The number of hydrogen-bond donors (Lipinski definition) is 2. The topological polar surface area (TPSA) is 80.6 Å². The Morgan fingerprint density at radius 1 is 1.10 bits per heavy atom. The number of aromatic nitrogens is 3. The Bertz CT molecular complexity index is 1420. The summed E-state index contributed by atoms with van der Waals surface area (Å²) in [4.78, 5) is 16.4. The second-order valence-corrected chi connectivity index (χ2v) is 8.71. The molecule has 0 aliphatic rings. The van der Waals surface area contributed by atoms with Crippen LogP contribution >= 0.6 is 11.3 Å². The van der Waals surface area contributed by atoms with Crippen LogP contribution in [0.5, 0.6) is 0 Å². The van der Waals surface area contributed by atoms with E-state index in [0.29, 0.717) is 5.56 Å². The minimum Gasteiger partial charge on any atom is -0.361 e. The second-order valence-electron chi connectivity index (χ2n) is 7.68. The van der Waals surface area contributed by atoms with E-state index >= 15 is 0 Å². The average molecular weight is 425 g/mol. The van der Waals surface area contributed by atoms with Crippen molar-refractivity contribution in [2.24, 2.45) is 0 Å². The molecule has 0 fully saturated rings. The van der Waals surface area contributed by atoms with Gasteiger partial charge in [0.2, 0.25) is 0 Å². The second kappa shape index (κ2) is 7.84. The molecule has 2 N–H and O–H groups in total. The van der Waals surface area contributed by atoms with Crippen molar-refractivity contribution in [2.45, 2.75) is 6.54 Å². The molecular formula is C24H20N6S. The summed E-state index contributed by atoms with van der Waals surface area (Å²) in [5, 5.41) is 15.2. The molecule has 5 aromatic rings. The molecule has 5 rings (SSSR count). The number of hydrogen-bond acceptors (Lipinski definition) is 6. The Balaban J connectivity index is 1.54. The maximum absolute atomic E-state index is 9.67. The van der Waals surface area contributed by atoms with Gasteiger partial charge in [0.05, 0.1) is 21.8 Å². The Morgan fingerprint density at radius 2 is 2.00 bits per heavy atom. The predicted molar refractivity (Wildman–Crippen MR) is 127 cm³/mol. The Kier molecular flexibility index (Phi) is 4.86. The van der Waals surface area contributed by atoms with Gasteiger partial charge in [0, 0.05) is 47.1 Å². The van der Waals surface area contributed by atoms with Crippen LogP contribution in [0.4, 0.5) is 11.4 Å². The first kappa shape index (κ1) is 19.2. The van der Waals surface area contributed by atoms with Gasteiger partial charge in [-0.1, -0.05) is 6.07 Å². The molecule has 7 heteroatoms. The fourth-order valence-electron chi connectivity index (χ4n) is 3.64. The number of pyridine rings is 2. The van der Waals surface area contributed by atoms with E-state index in [9.17, 15) is 5.26 Å². The summed E-state index contributed by atoms with van der Waals surface area (Å²) in [5.74, 6) is 0. The van der Waals surface area contributed by atoms with Crippen molar-refractivity contribution < 1.29 is 0 Å². The monoisotopic (exact) mass is 424 g/mol. The van der Waals surface area contributed by atoms with Gasteiger partial charge < -0.3 is 15.2 Å². The molecule has 0 unspecified atom stereocenters. The molecule has 0 spiro atoms. The van der Waals surface area contributed by atoms with E-state index in [2.05, 4.69) is 49.4 Å². The van der Waals surface area contributed by atoms with Crippen molar-refractivity contribution in [1.82, 2.24) is 19.9 Å². The first-order valence-electron chi connectivity index (χ1n) is 9.87. The van der Waals surface area contributed by atoms with Gasteiger partial charge in [-0.15, -0.1) is 11.3 Å². The number of aromatic amines is 1. The highest BCUT2D eigenvalue weighted by molar-refractivity contribution is 7.21. The highest BCUT2D eigenvalue weighted by Gasteiger charge is 2.15. The van der Waals surface area contributed by atoms with E-state index in [-0.39, 0.29) is 0 Å². The van der Waals surface area contributed by atoms with Crippen LogP contribution in [0.15, 0.2) is 61.1 Å². The zero-order valence-corrected chi connectivity index (χ0v) is 18.0. The fourth-order valence-corrected chi connectivity index (χ4v) is 4.63. The molecule has 31 heavy (non-hydrogen) atoms. The molecule has 6 nitrogen and oxygen atoms in total. The SMILES string of the molecule is CN(C)Cc1ccc(-c2cc3c(Nc4ccc5[nH]ccc5c4)c(C#N)cnc3s2)nc1. The molecule has 152 valence electrons. The molecule has 0 saturated heterocycles. The van der Waals surface area contributed by atoms with Gasteiger partial charge >= 0.3 is 0 Å². The molecule has 0 saturated carbocycles. The zero-order chi connectivity index (χ0) is 21.4. The van der Waals surface area contributed by atoms with Gasteiger partial charge in [-0.2, -0.15) is 5.26 Å². The van der Waals surface area contributed by atoms with E-state index in [1.165, 1.54) is 5.56 Å². The minimum absolute atomic E-state index is 0.514. The number of nitriles is 1. The lowest BCUT2D eigenvalue weighted by molar-refractivity contribution is 0.402. The number of rotatable bonds is 5. The van der Waals surface area contributed by atoms with E-state index in [4.69, 9.17) is 0 Å². The number of anilines is 2. The van der Waals surface area contributed by atoms with Gasteiger partial charge in [-0.3, -0.25) is 4.98 Å². The summed E-state index contributed by atoms with van der Waals surface area (Å²) in [5.41, 5.74) is 5.36. The van der Waals surface area contributed by atoms with Crippen LogP contribution in [0.1, 0.15) is 11.1 Å². The molecule has 0 amide bonds. The van der Waals surface area contributed by atoms with E-state index < -0.39 is 0 Å². The summed E-state index contributed by atoms with van der Waals surface area (Å²) >= 11 is 1.58. The third kappa shape index (κ3) is 3.75. The number of fused-ring (bicyclic) bond motifs is 2. The Hall–Kier alpha value is -3.73. The van der Waals surface area contributed by atoms with Crippen LogP contribution in [-0.2, 0) is 6.54 Å². The van der Waals surface area contributed by atoms with Crippen molar-refractivity contribution in [1.29, 1.82) is 5.26 Å².